The van der Waals surface area contributed by atoms with Gasteiger partial charge in [-0.2, -0.15) is 18.3 Å². The third kappa shape index (κ3) is 8.54. The second kappa shape index (κ2) is 13.7. The number of nitrogens with zero attached hydrogens (tertiary/aromatic N) is 3. The van der Waals surface area contributed by atoms with Crippen LogP contribution < -0.4 is 16.2 Å². The summed E-state index contributed by atoms with van der Waals surface area (Å²) < 4.78 is 46.8. The number of alkyl carbamates (subject to hydrolysis) is 1. The van der Waals surface area contributed by atoms with Crippen LogP contribution in [-0.2, 0) is 22.3 Å². The number of rotatable bonds is 11. The van der Waals surface area contributed by atoms with E-state index in [4.69, 9.17) is 4.74 Å². The molecule has 3 amide bonds. The van der Waals surface area contributed by atoms with Crippen LogP contribution in [0.15, 0.2) is 60.8 Å². The number of nitrogens with one attached hydrogen (secondary N) is 3. The van der Waals surface area contributed by atoms with Crippen molar-refractivity contribution in [2.45, 2.75) is 38.5 Å². The molecule has 3 aromatic rings. The average molecular weight is 563 g/mol. The third-order valence-electron chi connectivity index (χ3n) is 5.47. The Kier molecular flexibility index (Phi) is 10.2. The number of amides is 3. The number of carbonyl (C=O) groups excluding carboxylic acids is 3. The molecule has 3 N–H and O–H groups in total. The van der Waals surface area contributed by atoms with Crippen molar-refractivity contribution >= 4 is 23.6 Å². The lowest BCUT2D eigenvalue weighted by atomic mass is 10.2. The number of hydrogen-bond donors (Lipinski definition) is 3. The number of alkyl halides is 3. The predicted molar refractivity (Wildman–Crippen MR) is 134 cm³/mol. The number of aromatic nitrogens is 2. The van der Waals surface area contributed by atoms with Crippen molar-refractivity contribution in [2.24, 2.45) is 0 Å². The molecule has 0 saturated heterocycles. The first-order valence-electron chi connectivity index (χ1n) is 12.0. The van der Waals surface area contributed by atoms with Crippen molar-refractivity contribution in [3.05, 3.63) is 87.7 Å². The first kappa shape index (κ1) is 29.6. The molecule has 0 aliphatic rings. The van der Waals surface area contributed by atoms with Crippen molar-refractivity contribution in [1.82, 2.24) is 25.9 Å². The predicted octanol–water partition coefficient (Wildman–Crippen LogP) is 4.05. The second-order valence-corrected chi connectivity index (χ2v) is 8.39. The fourth-order valence-corrected chi connectivity index (χ4v) is 3.51. The molecule has 1 heterocycles. The maximum Gasteiger partial charge on any atom is 0.434 e. The minimum absolute atomic E-state index is 0.0209. The molecular weight excluding hydrogens is 537 g/mol. The van der Waals surface area contributed by atoms with E-state index in [0.29, 0.717) is 36.7 Å². The Bertz CT molecular complexity index is 1330. The Balaban J connectivity index is 1.41. The van der Waals surface area contributed by atoms with Crippen molar-refractivity contribution in [3.8, 4) is 5.69 Å². The molecule has 2 aromatic carbocycles. The standard InChI is InChI=1S/C25H25F3N6O6/c26-25(27,28)22-20(15-30-33(22)18-10-12-19(13-11-18)34(38)39)23(36)32-31-21(35)9-5-2-6-14-29-24(37)40-16-17-7-3-1-4-8-17/h1,3-4,7-8,10-13,15H,2,5-6,9,14,16H2,(H,29,37)(H,31,35)(H,32,36). The molecule has 40 heavy (non-hydrogen) atoms. The molecule has 0 unspecified atom stereocenters. The van der Waals surface area contributed by atoms with Crippen LogP contribution >= 0.6 is 0 Å². The summed E-state index contributed by atoms with van der Waals surface area (Å²) in [5, 5.41) is 17.0. The van der Waals surface area contributed by atoms with Gasteiger partial charge in [0.1, 0.15) is 6.61 Å². The lowest BCUT2D eigenvalue weighted by molar-refractivity contribution is -0.384. The van der Waals surface area contributed by atoms with Gasteiger partial charge in [-0.25, -0.2) is 9.48 Å². The summed E-state index contributed by atoms with van der Waals surface area (Å²) in [6.45, 7) is 0.464. The minimum Gasteiger partial charge on any atom is -0.445 e. The van der Waals surface area contributed by atoms with Gasteiger partial charge in [0.25, 0.3) is 11.6 Å². The van der Waals surface area contributed by atoms with Gasteiger partial charge in [0.15, 0.2) is 5.69 Å². The third-order valence-corrected chi connectivity index (χ3v) is 5.47. The van der Waals surface area contributed by atoms with E-state index in [1.807, 2.05) is 35.8 Å². The Labute approximate surface area is 225 Å². The number of ether oxygens (including phenoxy) is 1. The van der Waals surface area contributed by atoms with Crippen LogP contribution in [0.4, 0.5) is 23.7 Å². The average Bonchev–Trinajstić information content (AvgIpc) is 3.39. The van der Waals surface area contributed by atoms with E-state index in [-0.39, 0.29) is 24.4 Å². The highest BCUT2D eigenvalue weighted by atomic mass is 19.4. The Morgan fingerprint density at radius 2 is 1.68 bits per heavy atom. The van der Waals surface area contributed by atoms with E-state index >= 15 is 0 Å². The maximum atomic E-state index is 13.8. The summed E-state index contributed by atoms with van der Waals surface area (Å²) in [5.74, 6) is -1.87. The van der Waals surface area contributed by atoms with E-state index in [0.717, 1.165) is 29.8 Å². The first-order chi connectivity index (χ1) is 19.1. The second-order valence-electron chi connectivity index (χ2n) is 8.39. The molecule has 0 spiro atoms. The molecule has 0 aliphatic carbocycles. The summed E-state index contributed by atoms with van der Waals surface area (Å²) in [7, 11) is 0. The molecule has 0 atom stereocenters. The van der Waals surface area contributed by atoms with E-state index < -0.39 is 40.3 Å². The van der Waals surface area contributed by atoms with Gasteiger partial charge in [-0.05, 0) is 30.5 Å². The molecule has 0 bridgehead atoms. The number of unbranched alkanes of at least 4 members (excludes halogenated alkanes) is 2. The van der Waals surface area contributed by atoms with Gasteiger partial charge in [-0.1, -0.05) is 36.8 Å². The van der Waals surface area contributed by atoms with Gasteiger partial charge in [-0.3, -0.25) is 30.6 Å². The maximum absolute atomic E-state index is 13.8. The van der Waals surface area contributed by atoms with Crippen molar-refractivity contribution in [2.75, 3.05) is 6.54 Å². The summed E-state index contributed by atoms with van der Waals surface area (Å²) in [6, 6.07) is 13.3. The van der Waals surface area contributed by atoms with Gasteiger partial charge in [0.05, 0.1) is 22.4 Å². The zero-order valence-electron chi connectivity index (χ0n) is 20.9. The van der Waals surface area contributed by atoms with Crippen molar-refractivity contribution < 1.29 is 37.2 Å². The fraction of sp³-hybridized carbons (Fsp3) is 0.280. The highest BCUT2D eigenvalue weighted by Gasteiger charge is 2.40. The van der Waals surface area contributed by atoms with Crippen LogP contribution in [0.5, 0.6) is 0 Å². The summed E-state index contributed by atoms with van der Waals surface area (Å²) >= 11 is 0. The van der Waals surface area contributed by atoms with Crippen LogP contribution in [0.3, 0.4) is 0 Å². The number of halogens is 3. The number of nitro groups is 1. The van der Waals surface area contributed by atoms with Crippen LogP contribution in [0, 0.1) is 10.1 Å². The van der Waals surface area contributed by atoms with Gasteiger partial charge in [0, 0.05) is 25.1 Å². The summed E-state index contributed by atoms with van der Waals surface area (Å²) in [5.41, 5.74) is 2.10. The Morgan fingerprint density at radius 1 is 0.975 bits per heavy atom. The quantitative estimate of drug-likeness (QED) is 0.181. The molecule has 0 saturated carbocycles. The first-order valence-corrected chi connectivity index (χ1v) is 12.0. The van der Waals surface area contributed by atoms with Gasteiger partial charge in [0.2, 0.25) is 5.91 Å². The van der Waals surface area contributed by atoms with E-state index in [1.165, 1.54) is 0 Å². The van der Waals surface area contributed by atoms with Gasteiger partial charge >= 0.3 is 12.3 Å². The normalized spacial score (nSPS) is 11.0. The van der Waals surface area contributed by atoms with Gasteiger partial charge < -0.3 is 10.1 Å². The molecule has 0 aliphatic heterocycles. The van der Waals surface area contributed by atoms with Crippen LogP contribution in [-0.4, -0.2) is 39.2 Å². The molecule has 1 aromatic heterocycles. The molecule has 12 nitrogen and oxygen atoms in total. The van der Waals surface area contributed by atoms with E-state index in [9.17, 15) is 37.7 Å². The largest absolute Gasteiger partial charge is 0.445 e. The minimum atomic E-state index is -5.00. The number of nitro benzene ring substituents is 1. The van der Waals surface area contributed by atoms with E-state index in [2.05, 4.69) is 15.8 Å². The smallest absolute Gasteiger partial charge is 0.434 e. The number of hydrogen-bond acceptors (Lipinski definition) is 7. The number of hydrazine groups is 1. The highest BCUT2D eigenvalue weighted by molar-refractivity contribution is 5.96. The lowest BCUT2D eigenvalue weighted by Gasteiger charge is -2.13. The Hall–Kier alpha value is -4.95. The molecule has 15 heteroatoms. The lowest BCUT2D eigenvalue weighted by Crippen LogP contribution is -2.42. The van der Waals surface area contributed by atoms with E-state index in [1.54, 1.807) is 0 Å². The van der Waals surface area contributed by atoms with Crippen molar-refractivity contribution in [3.63, 3.8) is 0 Å². The SMILES string of the molecule is O=C(CCCCCNC(=O)OCc1ccccc1)NNC(=O)c1cnn(-c2ccc([N+](=O)[O-])cc2)c1C(F)(F)F. The fourth-order valence-electron chi connectivity index (χ4n) is 3.51. The molecular formula is C25H25F3N6O6. The van der Waals surface area contributed by atoms with Crippen LogP contribution in [0.25, 0.3) is 5.69 Å². The number of carbonyl (C=O) groups is 3. The van der Waals surface area contributed by atoms with Crippen LogP contribution in [0.1, 0.15) is 47.3 Å². The van der Waals surface area contributed by atoms with Crippen molar-refractivity contribution in [1.29, 1.82) is 0 Å². The highest BCUT2D eigenvalue weighted by Crippen LogP contribution is 2.33. The molecule has 212 valence electrons. The zero-order chi connectivity index (χ0) is 29.1. The summed E-state index contributed by atoms with van der Waals surface area (Å²) in [6.07, 6.45) is -3.40. The monoisotopic (exact) mass is 562 g/mol. The number of non-ortho nitro benzene ring substituents is 1. The zero-order valence-corrected chi connectivity index (χ0v) is 20.9. The van der Waals surface area contributed by atoms with Crippen LogP contribution in [0.2, 0.25) is 0 Å². The van der Waals surface area contributed by atoms with Gasteiger partial charge in [-0.15, -0.1) is 0 Å². The number of benzene rings is 2. The molecule has 0 radical (unpaired) electrons. The molecule has 3 rings (SSSR count). The Morgan fingerprint density at radius 3 is 2.33 bits per heavy atom. The molecule has 0 fully saturated rings. The topological polar surface area (TPSA) is 157 Å². The summed E-state index contributed by atoms with van der Waals surface area (Å²) in [4.78, 5) is 46.2.